The Morgan fingerprint density at radius 1 is 1.43 bits per heavy atom. The van der Waals surface area contributed by atoms with Gasteiger partial charge in [-0.2, -0.15) is 5.10 Å². The Labute approximate surface area is 123 Å². The van der Waals surface area contributed by atoms with Gasteiger partial charge in [-0.15, -0.1) is 0 Å². The van der Waals surface area contributed by atoms with Crippen molar-refractivity contribution in [2.24, 2.45) is 7.05 Å². The van der Waals surface area contributed by atoms with E-state index in [1.54, 1.807) is 9.58 Å². The highest BCUT2D eigenvalue weighted by molar-refractivity contribution is 5.86. The van der Waals surface area contributed by atoms with E-state index in [4.69, 9.17) is 9.47 Å². The molecule has 1 atom stereocenters. The van der Waals surface area contributed by atoms with Crippen LogP contribution >= 0.6 is 0 Å². The molecule has 1 aliphatic rings. The van der Waals surface area contributed by atoms with Gasteiger partial charge < -0.3 is 14.4 Å². The van der Waals surface area contributed by atoms with Crippen LogP contribution in [-0.4, -0.2) is 59.5 Å². The van der Waals surface area contributed by atoms with E-state index in [9.17, 15) is 9.59 Å². The number of esters is 1. The van der Waals surface area contributed by atoms with Crippen molar-refractivity contribution in [2.75, 3.05) is 26.9 Å². The normalized spacial score (nSPS) is 18.7. The van der Waals surface area contributed by atoms with Crippen molar-refractivity contribution < 1.29 is 19.1 Å². The third-order valence-corrected chi connectivity index (χ3v) is 3.91. The van der Waals surface area contributed by atoms with Crippen LogP contribution in [0.25, 0.3) is 0 Å². The van der Waals surface area contributed by atoms with E-state index in [0.717, 1.165) is 17.0 Å². The molecule has 7 nitrogen and oxygen atoms in total. The molecule has 1 amide bonds. The summed E-state index contributed by atoms with van der Waals surface area (Å²) in [6.45, 7) is 4.83. The lowest BCUT2D eigenvalue weighted by Gasteiger charge is -2.33. The van der Waals surface area contributed by atoms with E-state index in [2.05, 4.69) is 5.10 Å². The number of ether oxygens (including phenoxy) is 2. The van der Waals surface area contributed by atoms with E-state index in [0.29, 0.717) is 13.2 Å². The molecule has 7 heteroatoms. The van der Waals surface area contributed by atoms with Crippen molar-refractivity contribution >= 4 is 11.9 Å². The molecule has 0 bridgehead atoms. The predicted molar refractivity (Wildman–Crippen MR) is 74.7 cm³/mol. The largest absolute Gasteiger partial charge is 0.467 e. The maximum atomic E-state index is 12.5. The lowest BCUT2D eigenvalue weighted by Crippen LogP contribution is -2.53. The first-order valence-electron chi connectivity index (χ1n) is 6.89. The molecule has 1 saturated heterocycles. The van der Waals surface area contributed by atoms with Crippen molar-refractivity contribution in [3.05, 3.63) is 17.0 Å². The molecule has 1 fully saturated rings. The Bertz CT molecular complexity index is 553. The van der Waals surface area contributed by atoms with Crippen molar-refractivity contribution in [1.82, 2.24) is 14.7 Å². The predicted octanol–water partition coefficient (Wildman–Crippen LogP) is -0.0202. The second-order valence-electron chi connectivity index (χ2n) is 5.15. The summed E-state index contributed by atoms with van der Waals surface area (Å²) in [7, 11) is 3.16. The molecule has 2 heterocycles. The van der Waals surface area contributed by atoms with E-state index in [1.165, 1.54) is 7.11 Å². The molecule has 0 aromatic carbocycles. The van der Waals surface area contributed by atoms with Gasteiger partial charge in [0.15, 0.2) is 6.04 Å². The summed E-state index contributed by atoms with van der Waals surface area (Å²) in [6.07, 6.45) is 0.235. The van der Waals surface area contributed by atoms with Gasteiger partial charge in [-0.1, -0.05) is 0 Å². The molecule has 0 saturated carbocycles. The molecule has 0 radical (unpaired) electrons. The summed E-state index contributed by atoms with van der Waals surface area (Å²) in [5, 5.41) is 4.31. The highest BCUT2D eigenvalue weighted by atomic mass is 16.5. The van der Waals surface area contributed by atoms with Crippen molar-refractivity contribution in [3.63, 3.8) is 0 Å². The highest BCUT2D eigenvalue weighted by Gasteiger charge is 2.34. The number of hydrogen-bond donors (Lipinski definition) is 0. The Hall–Kier alpha value is -1.89. The summed E-state index contributed by atoms with van der Waals surface area (Å²) in [6, 6.07) is -0.659. The number of rotatable bonds is 3. The number of aryl methyl sites for hydroxylation is 2. The van der Waals surface area contributed by atoms with Gasteiger partial charge in [-0.3, -0.25) is 9.48 Å². The Morgan fingerprint density at radius 2 is 2.14 bits per heavy atom. The fourth-order valence-corrected chi connectivity index (χ4v) is 2.56. The second kappa shape index (κ2) is 6.26. The van der Waals surface area contributed by atoms with E-state index in [-0.39, 0.29) is 18.9 Å². The summed E-state index contributed by atoms with van der Waals surface area (Å²) < 4.78 is 11.8. The molecular weight excluding hydrogens is 274 g/mol. The van der Waals surface area contributed by atoms with Gasteiger partial charge in [0, 0.05) is 24.8 Å². The summed E-state index contributed by atoms with van der Waals surface area (Å²) in [4.78, 5) is 25.8. The quantitative estimate of drug-likeness (QED) is 0.733. The topological polar surface area (TPSA) is 73.7 Å². The van der Waals surface area contributed by atoms with Crippen LogP contribution < -0.4 is 0 Å². The molecule has 1 aromatic rings. The van der Waals surface area contributed by atoms with Gasteiger partial charge in [0.2, 0.25) is 5.91 Å². The fraction of sp³-hybridized carbons (Fsp3) is 0.643. The number of methoxy groups -OCH3 is 1. The SMILES string of the molecule is COC(=O)C1COCCN1C(=O)Cc1c(C)nn(C)c1C. The minimum absolute atomic E-state index is 0.104. The van der Waals surface area contributed by atoms with Gasteiger partial charge in [-0.25, -0.2) is 4.79 Å². The zero-order chi connectivity index (χ0) is 15.6. The minimum Gasteiger partial charge on any atom is -0.467 e. The molecule has 2 rings (SSSR count). The molecule has 21 heavy (non-hydrogen) atoms. The third kappa shape index (κ3) is 3.07. The Balaban J connectivity index is 2.16. The van der Waals surface area contributed by atoms with Gasteiger partial charge in [0.1, 0.15) is 0 Å². The number of carbonyl (C=O) groups is 2. The standard InChI is InChI=1S/C14H21N3O4/c1-9-11(10(2)16(3)15-9)7-13(18)17-5-6-21-8-12(17)14(19)20-4/h12H,5-8H2,1-4H3. The molecule has 0 N–H and O–H groups in total. The maximum Gasteiger partial charge on any atom is 0.331 e. The van der Waals surface area contributed by atoms with Crippen molar-refractivity contribution in [2.45, 2.75) is 26.3 Å². The van der Waals surface area contributed by atoms with Gasteiger partial charge in [0.05, 0.1) is 32.4 Å². The monoisotopic (exact) mass is 295 g/mol. The summed E-state index contributed by atoms with van der Waals surface area (Å²) in [5.74, 6) is -0.546. The average molecular weight is 295 g/mol. The first kappa shape index (κ1) is 15.5. The summed E-state index contributed by atoms with van der Waals surface area (Å²) in [5.41, 5.74) is 2.72. The number of carbonyl (C=O) groups excluding carboxylic acids is 2. The fourth-order valence-electron chi connectivity index (χ4n) is 2.56. The first-order chi connectivity index (χ1) is 9.95. The van der Waals surface area contributed by atoms with E-state index < -0.39 is 12.0 Å². The number of amides is 1. The molecule has 116 valence electrons. The van der Waals surface area contributed by atoms with Gasteiger partial charge >= 0.3 is 5.97 Å². The Morgan fingerprint density at radius 3 is 2.71 bits per heavy atom. The number of aromatic nitrogens is 2. The molecular formula is C14H21N3O4. The number of hydrogen-bond acceptors (Lipinski definition) is 5. The zero-order valence-corrected chi connectivity index (χ0v) is 12.9. The maximum absolute atomic E-state index is 12.5. The van der Waals surface area contributed by atoms with Crippen LogP contribution in [0.5, 0.6) is 0 Å². The molecule has 1 unspecified atom stereocenters. The first-order valence-corrected chi connectivity index (χ1v) is 6.89. The molecule has 1 aromatic heterocycles. The van der Waals surface area contributed by atoms with Crippen LogP contribution in [0.1, 0.15) is 17.0 Å². The lowest BCUT2D eigenvalue weighted by atomic mass is 10.1. The van der Waals surface area contributed by atoms with Crippen molar-refractivity contribution in [3.8, 4) is 0 Å². The van der Waals surface area contributed by atoms with Gasteiger partial charge in [0.25, 0.3) is 0 Å². The number of morpholine rings is 1. The molecule has 1 aliphatic heterocycles. The van der Waals surface area contributed by atoms with Crippen LogP contribution in [-0.2, 0) is 32.5 Å². The lowest BCUT2D eigenvalue weighted by molar-refractivity contribution is -0.160. The smallest absolute Gasteiger partial charge is 0.331 e. The molecule has 0 spiro atoms. The van der Waals surface area contributed by atoms with Crippen LogP contribution in [0.2, 0.25) is 0 Å². The van der Waals surface area contributed by atoms with E-state index in [1.807, 2.05) is 20.9 Å². The molecule has 0 aliphatic carbocycles. The zero-order valence-electron chi connectivity index (χ0n) is 12.9. The van der Waals surface area contributed by atoms with Crippen LogP contribution in [0.3, 0.4) is 0 Å². The van der Waals surface area contributed by atoms with Gasteiger partial charge in [-0.05, 0) is 13.8 Å². The average Bonchev–Trinajstić information content (AvgIpc) is 2.72. The Kier molecular flexibility index (Phi) is 4.62. The second-order valence-corrected chi connectivity index (χ2v) is 5.15. The highest BCUT2D eigenvalue weighted by Crippen LogP contribution is 2.16. The number of nitrogens with zero attached hydrogens (tertiary/aromatic N) is 3. The van der Waals surface area contributed by atoms with E-state index >= 15 is 0 Å². The summed E-state index contributed by atoms with van der Waals surface area (Å²) >= 11 is 0. The minimum atomic E-state index is -0.659. The third-order valence-electron chi connectivity index (χ3n) is 3.91. The van der Waals surface area contributed by atoms with Crippen molar-refractivity contribution in [1.29, 1.82) is 0 Å². The van der Waals surface area contributed by atoms with Crippen LogP contribution in [0.15, 0.2) is 0 Å². The van der Waals surface area contributed by atoms with Crippen LogP contribution in [0.4, 0.5) is 0 Å². The van der Waals surface area contributed by atoms with Crippen LogP contribution in [0, 0.1) is 13.8 Å².